The van der Waals surface area contributed by atoms with E-state index in [0.29, 0.717) is 39.4 Å². The van der Waals surface area contributed by atoms with Gasteiger partial charge >= 0.3 is 0 Å². The second-order valence-corrected chi connectivity index (χ2v) is 8.26. The molecule has 0 aromatic heterocycles. The molecule has 186 valence electrons. The van der Waals surface area contributed by atoms with Crippen LogP contribution in [-0.2, 0) is 11.3 Å². The Morgan fingerprint density at radius 2 is 1.51 bits per heavy atom. The third-order valence-corrected chi connectivity index (χ3v) is 5.70. The van der Waals surface area contributed by atoms with Crippen LogP contribution in [0.15, 0.2) is 97.1 Å². The topological polar surface area (TPSA) is 93.4 Å². The summed E-state index contributed by atoms with van der Waals surface area (Å²) in [6.45, 7) is 0.253. The first-order valence-corrected chi connectivity index (χ1v) is 11.6. The molecule has 0 aliphatic carbocycles. The van der Waals surface area contributed by atoms with Gasteiger partial charge in [-0.15, -0.1) is 0 Å². The van der Waals surface area contributed by atoms with Gasteiger partial charge in [0.1, 0.15) is 11.6 Å². The largest absolute Gasteiger partial charge is 0.497 e. The van der Waals surface area contributed by atoms with Crippen LogP contribution in [0, 0.1) is 5.82 Å². The molecule has 4 N–H and O–H groups in total. The number of nitrogens with one attached hydrogen (secondary N) is 2. The molecule has 0 radical (unpaired) electrons. The van der Waals surface area contributed by atoms with E-state index in [4.69, 9.17) is 10.5 Å². The van der Waals surface area contributed by atoms with Crippen molar-refractivity contribution in [3.63, 3.8) is 0 Å². The average Bonchev–Trinajstić information content (AvgIpc) is 2.93. The summed E-state index contributed by atoms with van der Waals surface area (Å²) in [6.07, 6.45) is 1.71. The first-order valence-electron chi connectivity index (χ1n) is 11.6. The Hall–Kier alpha value is -4.91. The number of halogens is 1. The lowest BCUT2D eigenvalue weighted by Crippen LogP contribution is -2.24. The molecule has 0 aliphatic heterocycles. The lowest BCUT2D eigenvalue weighted by atomic mass is 10.0. The van der Waals surface area contributed by atoms with Crippen LogP contribution in [-0.4, -0.2) is 18.9 Å². The van der Waals surface area contributed by atoms with Gasteiger partial charge in [0, 0.05) is 17.7 Å². The molecule has 0 fully saturated rings. The Labute approximate surface area is 214 Å². The Morgan fingerprint density at radius 1 is 0.865 bits per heavy atom. The fourth-order valence-electron chi connectivity index (χ4n) is 3.63. The SMILES string of the molecule is COc1ccc(/C(=C\c2ccc(F)cc2)C(=O)NCc2ccc(C(=O)Nc3ccccc3N)cc2)cc1. The van der Waals surface area contributed by atoms with Gasteiger partial charge in [0.15, 0.2) is 0 Å². The molecule has 0 bridgehead atoms. The summed E-state index contributed by atoms with van der Waals surface area (Å²) in [7, 11) is 1.57. The highest BCUT2D eigenvalue weighted by Crippen LogP contribution is 2.22. The molecule has 0 atom stereocenters. The zero-order chi connectivity index (χ0) is 26.2. The van der Waals surface area contributed by atoms with Crippen molar-refractivity contribution in [3.05, 3.63) is 125 Å². The number of hydrogen-bond donors (Lipinski definition) is 3. The predicted molar refractivity (Wildman–Crippen MR) is 144 cm³/mol. The molecular formula is C30H26FN3O3. The molecule has 7 heteroatoms. The molecule has 2 amide bonds. The van der Waals surface area contributed by atoms with Crippen molar-refractivity contribution in [2.45, 2.75) is 6.54 Å². The number of ether oxygens (including phenoxy) is 1. The number of rotatable bonds is 8. The third kappa shape index (κ3) is 6.61. The summed E-state index contributed by atoms with van der Waals surface area (Å²) in [5.74, 6) is -0.255. The van der Waals surface area contributed by atoms with Gasteiger partial charge in [-0.1, -0.05) is 48.5 Å². The number of nitrogen functional groups attached to an aromatic ring is 1. The van der Waals surface area contributed by atoms with Gasteiger partial charge in [-0.25, -0.2) is 4.39 Å². The standard InChI is InChI=1S/C30H26FN3O3/c1-37-25-16-12-22(13-17-25)26(18-20-8-14-24(31)15-9-20)30(36)33-19-21-6-10-23(11-7-21)29(35)34-28-5-3-2-4-27(28)32/h2-18H,19,32H2,1H3,(H,33,36)(H,34,35)/b26-18+. The Bertz CT molecular complexity index is 1410. The quantitative estimate of drug-likeness (QED) is 0.170. The molecule has 37 heavy (non-hydrogen) atoms. The van der Waals surface area contributed by atoms with Gasteiger partial charge in [0.2, 0.25) is 0 Å². The number of carbonyl (C=O) groups excluding carboxylic acids is 2. The number of para-hydroxylation sites is 2. The highest BCUT2D eigenvalue weighted by atomic mass is 19.1. The fourth-order valence-corrected chi connectivity index (χ4v) is 3.63. The number of carbonyl (C=O) groups is 2. The number of benzene rings is 4. The van der Waals surface area contributed by atoms with Crippen molar-refractivity contribution in [2.24, 2.45) is 0 Å². The van der Waals surface area contributed by atoms with Gasteiger partial charge < -0.3 is 21.1 Å². The molecule has 0 saturated carbocycles. The Kier molecular flexibility index (Phi) is 7.95. The molecule has 0 spiro atoms. The van der Waals surface area contributed by atoms with Crippen LogP contribution < -0.4 is 21.1 Å². The van der Waals surface area contributed by atoms with Crippen LogP contribution in [0.5, 0.6) is 5.75 Å². The number of amides is 2. The summed E-state index contributed by atoms with van der Waals surface area (Å²) in [5.41, 5.74) is 10.0. The minimum Gasteiger partial charge on any atom is -0.497 e. The van der Waals surface area contributed by atoms with Crippen molar-refractivity contribution in [3.8, 4) is 5.75 Å². The third-order valence-electron chi connectivity index (χ3n) is 5.70. The van der Waals surface area contributed by atoms with Crippen LogP contribution in [0.3, 0.4) is 0 Å². The second-order valence-electron chi connectivity index (χ2n) is 8.26. The second kappa shape index (κ2) is 11.7. The lowest BCUT2D eigenvalue weighted by molar-refractivity contribution is -0.115. The molecule has 0 aliphatic rings. The number of nitrogens with two attached hydrogens (primary N) is 1. The summed E-state index contributed by atoms with van der Waals surface area (Å²) >= 11 is 0. The fraction of sp³-hybridized carbons (Fsp3) is 0.0667. The normalized spacial score (nSPS) is 11.0. The van der Waals surface area contributed by atoms with E-state index in [-0.39, 0.29) is 24.2 Å². The van der Waals surface area contributed by atoms with Crippen molar-refractivity contribution in [1.29, 1.82) is 0 Å². The lowest BCUT2D eigenvalue weighted by Gasteiger charge is -2.12. The maximum absolute atomic E-state index is 13.4. The van der Waals surface area contributed by atoms with Crippen molar-refractivity contribution in [2.75, 3.05) is 18.2 Å². The molecule has 0 heterocycles. The summed E-state index contributed by atoms with van der Waals surface area (Å²) in [5, 5.41) is 5.71. The van der Waals surface area contributed by atoms with E-state index in [9.17, 15) is 14.0 Å². The van der Waals surface area contributed by atoms with E-state index >= 15 is 0 Å². The van der Waals surface area contributed by atoms with E-state index in [1.165, 1.54) is 12.1 Å². The molecule has 4 rings (SSSR count). The highest BCUT2D eigenvalue weighted by Gasteiger charge is 2.13. The monoisotopic (exact) mass is 495 g/mol. The van der Waals surface area contributed by atoms with Crippen molar-refractivity contribution < 1.29 is 18.7 Å². The molecular weight excluding hydrogens is 469 g/mol. The summed E-state index contributed by atoms with van der Waals surface area (Å²) in [6, 6.07) is 27.0. The summed E-state index contributed by atoms with van der Waals surface area (Å²) < 4.78 is 18.6. The molecule has 6 nitrogen and oxygen atoms in total. The van der Waals surface area contributed by atoms with Gasteiger partial charge in [-0.05, 0) is 71.3 Å². The molecule has 0 saturated heterocycles. The number of hydrogen-bond acceptors (Lipinski definition) is 4. The maximum Gasteiger partial charge on any atom is 0.255 e. The van der Waals surface area contributed by atoms with Crippen LogP contribution in [0.25, 0.3) is 11.6 Å². The van der Waals surface area contributed by atoms with Gasteiger partial charge in [0.05, 0.1) is 18.5 Å². The van der Waals surface area contributed by atoms with E-state index in [2.05, 4.69) is 10.6 Å². The first-order chi connectivity index (χ1) is 17.9. The predicted octanol–water partition coefficient (Wildman–Crippen LogP) is 5.53. The first kappa shape index (κ1) is 25.2. The van der Waals surface area contributed by atoms with Crippen molar-refractivity contribution in [1.82, 2.24) is 5.32 Å². The minimum atomic E-state index is -0.350. The average molecular weight is 496 g/mol. The van der Waals surface area contributed by atoms with Crippen LogP contribution >= 0.6 is 0 Å². The van der Waals surface area contributed by atoms with E-state index in [1.54, 1.807) is 98.1 Å². The van der Waals surface area contributed by atoms with Crippen LogP contribution in [0.4, 0.5) is 15.8 Å². The molecule has 0 unspecified atom stereocenters. The van der Waals surface area contributed by atoms with Crippen LogP contribution in [0.2, 0.25) is 0 Å². The van der Waals surface area contributed by atoms with E-state index in [1.807, 2.05) is 0 Å². The maximum atomic E-state index is 13.4. The highest BCUT2D eigenvalue weighted by molar-refractivity contribution is 6.24. The number of anilines is 2. The van der Waals surface area contributed by atoms with E-state index in [0.717, 1.165) is 5.56 Å². The smallest absolute Gasteiger partial charge is 0.255 e. The van der Waals surface area contributed by atoms with Gasteiger partial charge in [0.25, 0.3) is 11.8 Å². The van der Waals surface area contributed by atoms with Crippen LogP contribution in [0.1, 0.15) is 27.0 Å². The zero-order valence-electron chi connectivity index (χ0n) is 20.2. The molecule has 4 aromatic carbocycles. The van der Waals surface area contributed by atoms with E-state index < -0.39 is 0 Å². The Morgan fingerprint density at radius 3 is 2.16 bits per heavy atom. The zero-order valence-corrected chi connectivity index (χ0v) is 20.2. The molecule has 4 aromatic rings. The van der Waals surface area contributed by atoms with Crippen molar-refractivity contribution >= 4 is 34.8 Å². The summed E-state index contributed by atoms with van der Waals surface area (Å²) in [4.78, 5) is 25.7. The number of methoxy groups -OCH3 is 1. The minimum absolute atomic E-state index is 0.253. The van der Waals surface area contributed by atoms with Gasteiger partial charge in [-0.3, -0.25) is 9.59 Å². The van der Waals surface area contributed by atoms with Gasteiger partial charge in [-0.2, -0.15) is 0 Å². The Balaban J connectivity index is 1.46.